The Morgan fingerprint density at radius 3 is 1.71 bits per heavy atom. The van der Waals surface area contributed by atoms with E-state index in [1.807, 2.05) is 0 Å². The summed E-state index contributed by atoms with van der Waals surface area (Å²) in [5, 5.41) is 7.89. The minimum atomic E-state index is -3.67. The molecular weight excluding hydrogens is 227 g/mol. The standard InChI is InChI=1S/C4H6O2.C3H8O3S.H3P/c1-3(2)4(5)6;1-2-3-7(4,5)6;/h1H2,2H3,(H,5,6);2-3H2,1H3,(H,4,5,6);1H3. The summed E-state index contributed by atoms with van der Waals surface area (Å²) < 4.78 is 27.6. The second-order valence-electron chi connectivity index (χ2n) is 2.37. The molecule has 0 saturated heterocycles. The van der Waals surface area contributed by atoms with Crippen LogP contribution < -0.4 is 0 Å². The average Bonchev–Trinajstić information content (AvgIpc) is 1.85. The minimum absolute atomic E-state index is 0. The summed E-state index contributed by atoms with van der Waals surface area (Å²) in [6.07, 6.45) is 0.471. The predicted octanol–water partition coefficient (Wildman–Crippen LogP) is 0.989. The summed E-state index contributed by atoms with van der Waals surface area (Å²) in [6.45, 7) is 6.29. The fourth-order valence-electron chi connectivity index (χ4n) is 0.258. The van der Waals surface area contributed by atoms with Crippen LogP contribution in [0.15, 0.2) is 12.2 Å². The first-order chi connectivity index (χ1) is 5.70. The van der Waals surface area contributed by atoms with Gasteiger partial charge in [-0.25, -0.2) is 4.79 Å². The molecule has 0 aliphatic carbocycles. The molecular formula is C7H17O5PS. The Morgan fingerprint density at radius 2 is 1.71 bits per heavy atom. The maximum absolute atomic E-state index is 9.79. The molecule has 0 aromatic carbocycles. The van der Waals surface area contributed by atoms with Crippen molar-refractivity contribution in [2.45, 2.75) is 20.3 Å². The SMILES string of the molecule is C=C(C)C(=O)O.CCCS(=O)(=O)O.P. The van der Waals surface area contributed by atoms with E-state index in [4.69, 9.17) is 9.66 Å². The van der Waals surface area contributed by atoms with Crippen molar-refractivity contribution in [1.82, 2.24) is 0 Å². The van der Waals surface area contributed by atoms with Crippen LogP contribution in [0.3, 0.4) is 0 Å². The largest absolute Gasteiger partial charge is 0.478 e. The number of carboxylic acids is 1. The fraction of sp³-hybridized carbons (Fsp3) is 0.571. The van der Waals surface area contributed by atoms with Crippen LogP contribution in [0.2, 0.25) is 0 Å². The van der Waals surface area contributed by atoms with Gasteiger partial charge in [0.2, 0.25) is 0 Å². The Labute approximate surface area is 87.6 Å². The van der Waals surface area contributed by atoms with Crippen molar-refractivity contribution >= 4 is 26.0 Å². The van der Waals surface area contributed by atoms with Gasteiger partial charge in [0, 0.05) is 5.57 Å². The fourth-order valence-corrected chi connectivity index (χ4v) is 0.774. The molecule has 0 heterocycles. The van der Waals surface area contributed by atoms with Crippen molar-refractivity contribution in [2.75, 3.05) is 5.75 Å². The highest BCUT2D eigenvalue weighted by atomic mass is 32.2. The molecule has 1 unspecified atom stereocenters. The van der Waals surface area contributed by atoms with E-state index in [0.717, 1.165) is 0 Å². The van der Waals surface area contributed by atoms with Gasteiger partial charge in [0.05, 0.1) is 5.75 Å². The topological polar surface area (TPSA) is 91.7 Å². The number of rotatable bonds is 3. The Balaban J connectivity index is -0.000000163. The maximum Gasteiger partial charge on any atom is 0.330 e. The summed E-state index contributed by atoms with van der Waals surface area (Å²) in [4.78, 5) is 9.60. The highest BCUT2D eigenvalue weighted by Gasteiger charge is 1.98. The molecule has 2 N–H and O–H groups in total. The summed E-state index contributed by atoms with van der Waals surface area (Å²) in [5.74, 6) is -1.07. The third-order valence-electron chi connectivity index (χ3n) is 0.827. The van der Waals surface area contributed by atoms with E-state index in [-0.39, 0.29) is 21.2 Å². The zero-order chi connectivity index (χ0) is 11.1. The number of aliphatic carboxylic acids is 1. The van der Waals surface area contributed by atoms with Crippen molar-refractivity contribution in [1.29, 1.82) is 0 Å². The third kappa shape index (κ3) is 22.6. The number of carboxylic acid groups (broad SMARTS) is 1. The number of hydrogen-bond acceptors (Lipinski definition) is 3. The Kier molecular flexibility index (Phi) is 12.5. The van der Waals surface area contributed by atoms with Crippen LogP contribution in [-0.2, 0) is 14.9 Å². The Hall–Kier alpha value is -0.450. The second kappa shape index (κ2) is 9.12. The Bertz CT molecular complexity index is 258. The normalized spacial score (nSPS) is 9.07. The van der Waals surface area contributed by atoms with Crippen LogP contribution in [-0.4, -0.2) is 29.8 Å². The van der Waals surface area contributed by atoms with Gasteiger partial charge < -0.3 is 5.11 Å². The van der Waals surface area contributed by atoms with Crippen LogP contribution in [0, 0.1) is 0 Å². The zero-order valence-electron chi connectivity index (χ0n) is 8.36. The first-order valence-electron chi connectivity index (χ1n) is 3.54. The van der Waals surface area contributed by atoms with E-state index >= 15 is 0 Å². The summed E-state index contributed by atoms with van der Waals surface area (Å²) in [7, 11) is -3.67. The van der Waals surface area contributed by atoms with E-state index in [2.05, 4.69) is 6.58 Å². The van der Waals surface area contributed by atoms with Gasteiger partial charge in [-0.1, -0.05) is 13.5 Å². The van der Waals surface area contributed by atoms with Crippen LogP contribution in [0.25, 0.3) is 0 Å². The average molecular weight is 244 g/mol. The number of hydrogen-bond donors (Lipinski definition) is 2. The van der Waals surface area contributed by atoms with Gasteiger partial charge in [0.15, 0.2) is 0 Å². The molecule has 0 amide bonds. The molecule has 0 spiro atoms. The molecule has 0 aliphatic heterocycles. The third-order valence-corrected chi connectivity index (χ3v) is 1.75. The lowest BCUT2D eigenvalue weighted by atomic mass is 10.4. The van der Waals surface area contributed by atoms with Crippen LogP contribution in [0.4, 0.5) is 0 Å². The maximum atomic E-state index is 9.79. The predicted molar refractivity (Wildman–Crippen MR) is 60.3 cm³/mol. The van der Waals surface area contributed by atoms with Gasteiger partial charge in [-0.3, -0.25) is 4.55 Å². The zero-order valence-corrected chi connectivity index (χ0v) is 10.6. The van der Waals surface area contributed by atoms with Gasteiger partial charge >= 0.3 is 5.97 Å². The summed E-state index contributed by atoms with van der Waals surface area (Å²) in [5.41, 5.74) is 0.176. The lowest BCUT2D eigenvalue weighted by Crippen LogP contribution is -2.01. The molecule has 0 saturated carbocycles. The molecule has 86 valence electrons. The van der Waals surface area contributed by atoms with E-state index in [1.165, 1.54) is 6.92 Å². The van der Waals surface area contributed by atoms with Crippen LogP contribution in [0.1, 0.15) is 20.3 Å². The first kappa shape index (κ1) is 19.2. The van der Waals surface area contributed by atoms with Crippen LogP contribution >= 0.6 is 9.90 Å². The summed E-state index contributed by atoms with van der Waals surface area (Å²) in [6, 6.07) is 0. The molecule has 0 fully saturated rings. The second-order valence-corrected chi connectivity index (χ2v) is 3.94. The number of carbonyl (C=O) groups is 1. The molecule has 5 nitrogen and oxygen atoms in total. The van der Waals surface area contributed by atoms with Gasteiger partial charge in [0.1, 0.15) is 0 Å². The van der Waals surface area contributed by atoms with Crippen molar-refractivity contribution in [2.24, 2.45) is 0 Å². The van der Waals surface area contributed by atoms with Gasteiger partial charge in [-0.2, -0.15) is 18.3 Å². The van der Waals surface area contributed by atoms with Crippen molar-refractivity contribution in [3.05, 3.63) is 12.2 Å². The van der Waals surface area contributed by atoms with Crippen molar-refractivity contribution < 1.29 is 22.9 Å². The smallest absolute Gasteiger partial charge is 0.330 e. The molecule has 0 bridgehead atoms. The van der Waals surface area contributed by atoms with E-state index in [9.17, 15) is 13.2 Å². The lowest BCUT2D eigenvalue weighted by molar-refractivity contribution is -0.132. The minimum Gasteiger partial charge on any atom is -0.478 e. The van der Waals surface area contributed by atoms with E-state index < -0.39 is 16.1 Å². The molecule has 0 radical (unpaired) electrons. The molecule has 7 heteroatoms. The molecule has 0 aliphatic rings. The lowest BCUT2D eigenvalue weighted by Gasteiger charge is -1.85. The molecule has 0 aromatic heterocycles. The highest BCUT2D eigenvalue weighted by molar-refractivity contribution is 7.85. The molecule has 1 atom stereocenters. The van der Waals surface area contributed by atoms with Gasteiger partial charge in [0.25, 0.3) is 10.1 Å². The molecule has 0 rings (SSSR count). The van der Waals surface area contributed by atoms with Gasteiger partial charge in [-0.15, -0.1) is 0 Å². The van der Waals surface area contributed by atoms with E-state index in [1.54, 1.807) is 6.92 Å². The molecule has 0 aromatic rings. The molecule has 14 heavy (non-hydrogen) atoms. The quantitative estimate of drug-likeness (QED) is 0.439. The Morgan fingerprint density at radius 1 is 1.43 bits per heavy atom. The van der Waals surface area contributed by atoms with Crippen LogP contribution in [0.5, 0.6) is 0 Å². The van der Waals surface area contributed by atoms with E-state index in [0.29, 0.717) is 6.42 Å². The van der Waals surface area contributed by atoms with Crippen molar-refractivity contribution in [3.8, 4) is 0 Å². The summed E-state index contributed by atoms with van der Waals surface area (Å²) >= 11 is 0. The first-order valence-corrected chi connectivity index (χ1v) is 5.15. The van der Waals surface area contributed by atoms with Gasteiger partial charge in [-0.05, 0) is 13.3 Å². The monoisotopic (exact) mass is 244 g/mol. The highest BCUT2D eigenvalue weighted by Crippen LogP contribution is 1.83. The van der Waals surface area contributed by atoms with Crippen molar-refractivity contribution in [3.63, 3.8) is 0 Å².